The fourth-order valence-electron chi connectivity index (χ4n) is 3.57. The smallest absolute Gasteiger partial charge is 0.257 e. The molecule has 10 heteroatoms. The van der Waals surface area contributed by atoms with E-state index in [4.69, 9.17) is 18.7 Å². The number of likely N-dealkylation sites (tertiary alicyclic amines) is 1. The number of nitrogens with one attached hydrogen (secondary N) is 1. The van der Waals surface area contributed by atoms with Gasteiger partial charge in [0.15, 0.2) is 5.82 Å². The maximum absolute atomic E-state index is 13.2. The second kappa shape index (κ2) is 9.57. The minimum atomic E-state index is -0.394. The zero-order valence-corrected chi connectivity index (χ0v) is 17.5. The Hall–Kier alpha value is -3.14. The number of rotatable bonds is 7. The van der Waals surface area contributed by atoms with Crippen molar-refractivity contribution in [3.63, 3.8) is 0 Å². The van der Waals surface area contributed by atoms with E-state index < -0.39 is 6.04 Å². The highest BCUT2D eigenvalue weighted by molar-refractivity contribution is 5.97. The molecule has 0 spiro atoms. The summed E-state index contributed by atoms with van der Waals surface area (Å²) in [6.07, 6.45) is 0.559. The molecule has 2 atom stereocenters. The van der Waals surface area contributed by atoms with Gasteiger partial charge in [0.2, 0.25) is 11.8 Å². The van der Waals surface area contributed by atoms with Crippen molar-refractivity contribution in [1.29, 1.82) is 0 Å². The van der Waals surface area contributed by atoms with Crippen LogP contribution in [0.1, 0.15) is 34.4 Å². The first-order chi connectivity index (χ1) is 14.5. The van der Waals surface area contributed by atoms with Gasteiger partial charge in [0.25, 0.3) is 5.91 Å². The summed E-state index contributed by atoms with van der Waals surface area (Å²) in [7, 11) is 4.50. The number of benzene rings is 1. The summed E-state index contributed by atoms with van der Waals surface area (Å²) in [5.41, 5.74) is 0.423. The molecule has 2 aromatic rings. The van der Waals surface area contributed by atoms with Gasteiger partial charge >= 0.3 is 0 Å². The summed E-state index contributed by atoms with van der Waals surface area (Å²) in [5, 5.41) is 6.77. The Bertz CT molecular complexity index is 899. The molecule has 3 rings (SSSR count). The lowest BCUT2D eigenvalue weighted by Crippen LogP contribution is -2.53. The Kier molecular flexibility index (Phi) is 6.88. The molecule has 1 saturated heterocycles. The predicted octanol–water partition coefficient (Wildman–Crippen LogP) is 1.16. The van der Waals surface area contributed by atoms with Gasteiger partial charge in [0, 0.05) is 26.3 Å². The molecular weight excluding hydrogens is 392 g/mol. The molecule has 0 radical (unpaired) electrons. The third-order valence-corrected chi connectivity index (χ3v) is 5.02. The molecule has 10 nitrogen and oxygen atoms in total. The Balaban J connectivity index is 1.82. The number of amides is 2. The zero-order valence-electron chi connectivity index (χ0n) is 17.5. The van der Waals surface area contributed by atoms with Crippen molar-refractivity contribution in [3.8, 4) is 11.5 Å². The number of hydrogen-bond donors (Lipinski definition) is 1. The van der Waals surface area contributed by atoms with Gasteiger partial charge < -0.3 is 29.0 Å². The normalized spacial score (nSPS) is 18.7. The largest absolute Gasteiger partial charge is 0.497 e. The van der Waals surface area contributed by atoms with E-state index in [-0.39, 0.29) is 30.9 Å². The number of hydrogen-bond acceptors (Lipinski definition) is 8. The number of carbonyl (C=O) groups is 2. The van der Waals surface area contributed by atoms with Crippen LogP contribution in [-0.2, 0) is 9.53 Å². The molecule has 30 heavy (non-hydrogen) atoms. The fraction of sp³-hybridized carbons (Fsp3) is 0.500. The Morgan fingerprint density at radius 1 is 1.27 bits per heavy atom. The minimum absolute atomic E-state index is 0.0771. The van der Waals surface area contributed by atoms with Crippen LogP contribution in [0, 0.1) is 6.92 Å². The van der Waals surface area contributed by atoms with Crippen molar-refractivity contribution >= 4 is 11.8 Å². The number of ether oxygens (including phenoxy) is 3. The van der Waals surface area contributed by atoms with E-state index in [0.717, 1.165) is 0 Å². The number of aromatic nitrogens is 2. The maximum atomic E-state index is 13.2. The Morgan fingerprint density at radius 3 is 2.70 bits per heavy atom. The molecule has 1 fully saturated rings. The molecule has 0 aliphatic carbocycles. The zero-order chi connectivity index (χ0) is 21.7. The number of piperidine rings is 1. The summed E-state index contributed by atoms with van der Waals surface area (Å²) in [6.45, 7) is 2.42. The molecule has 1 aromatic heterocycles. The average molecular weight is 418 g/mol. The van der Waals surface area contributed by atoms with E-state index in [1.807, 2.05) is 0 Å². The highest BCUT2D eigenvalue weighted by atomic mass is 16.5. The second-order valence-electron chi connectivity index (χ2n) is 7.00. The van der Waals surface area contributed by atoms with Gasteiger partial charge in [0.05, 0.1) is 31.7 Å². The monoisotopic (exact) mass is 418 g/mol. The van der Waals surface area contributed by atoms with Gasteiger partial charge in [-0.1, -0.05) is 5.16 Å². The molecular formula is C20H26N4O6. The lowest BCUT2D eigenvalue weighted by molar-refractivity contribution is -0.126. The van der Waals surface area contributed by atoms with Gasteiger partial charge in [-0.2, -0.15) is 4.98 Å². The van der Waals surface area contributed by atoms with E-state index in [0.29, 0.717) is 41.7 Å². The molecule has 2 heterocycles. The maximum Gasteiger partial charge on any atom is 0.257 e. The topological polar surface area (TPSA) is 116 Å². The minimum Gasteiger partial charge on any atom is -0.497 e. The molecule has 2 amide bonds. The predicted molar refractivity (Wildman–Crippen MR) is 106 cm³/mol. The number of aryl methyl sites for hydroxylation is 1. The molecule has 0 bridgehead atoms. The van der Waals surface area contributed by atoms with Crippen molar-refractivity contribution in [1.82, 2.24) is 20.4 Å². The molecule has 0 unspecified atom stereocenters. The second-order valence-corrected chi connectivity index (χ2v) is 7.00. The van der Waals surface area contributed by atoms with Crippen molar-refractivity contribution in [3.05, 3.63) is 35.5 Å². The molecule has 0 saturated carbocycles. The summed E-state index contributed by atoms with van der Waals surface area (Å²) >= 11 is 0. The van der Waals surface area contributed by atoms with Crippen LogP contribution in [0.3, 0.4) is 0 Å². The molecule has 1 aromatic carbocycles. The van der Waals surface area contributed by atoms with Crippen molar-refractivity contribution in [2.75, 3.05) is 41.0 Å². The van der Waals surface area contributed by atoms with Crippen LogP contribution in [0.15, 0.2) is 22.7 Å². The first-order valence-electron chi connectivity index (χ1n) is 9.56. The van der Waals surface area contributed by atoms with Crippen LogP contribution in [-0.4, -0.2) is 73.9 Å². The van der Waals surface area contributed by atoms with E-state index in [1.54, 1.807) is 37.1 Å². The van der Waals surface area contributed by atoms with Crippen molar-refractivity contribution in [2.45, 2.75) is 25.3 Å². The van der Waals surface area contributed by atoms with Gasteiger partial charge in [-0.3, -0.25) is 9.59 Å². The molecule has 1 aliphatic rings. The standard InChI is InChI=1S/C20H26N4O6/c1-12-21-19(30-23-12)14-7-8-24(10-16(14)22-18(25)11-27-2)20(26)15-6-5-13(28-3)9-17(15)29-4/h5-6,9,14,16H,7-8,10-11H2,1-4H3,(H,22,25)/t14-,16+/m0/s1. The summed E-state index contributed by atoms with van der Waals surface area (Å²) in [4.78, 5) is 31.4. The fourth-order valence-corrected chi connectivity index (χ4v) is 3.57. The SMILES string of the molecule is COCC(=O)N[C@@H]1CN(C(=O)c2ccc(OC)cc2OC)CC[C@@H]1c1nc(C)no1. The highest BCUT2D eigenvalue weighted by Gasteiger charge is 2.37. The third kappa shape index (κ3) is 4.70. The Labute approximate surface area is 174 Å². The summed E-state index contributed by atoms with van der Waals surface area (Å²) < 4.78 is 20.8. The van der Waals surface area contributed by atoms with E-state index in [9.17, 15) is 9.59 Å². The lowest BCUT2D eigenvalue weighted by Gasteiger charge is -2.37. The molecule has 1 N–H and O–H groups in total. The summed E-state index contributed by atoms with van der Waals surface area (Å²) in [6, 6.07) is 4.65. The first kappa shape index (κ1) is 21.6. The van der Waals surface area contributed by atoms with Crippen LogP contribution in [0.2, 0.25) is 0 Å². The van der Waals surface area contributed by atoms with Gasteiger partial charge in [-0.05, 0) is 25.5 Å². The van der Waals surface area contributed by atoms with Crippen molar-refractivity contribution in [2.24, 2.45) is 0 Å². The van der Waals surface area contributed by atoms with Crippen LogP contribution in [0.4, 0.5) is 0 Å². The number of nitrogens with zero attached hydrogens (tertiary/aromatic N) is 3. The van der Waals surface area contributed by atoms with E-state index in [1.165, 1.54) is 14.2 Å². The number of carbonyl (C=O) groups excluding carboxylic acids is 2. The van der Waals surface area contributed by atoms with Gasteiger partial charge in [0.1, 0.15) is 18.1 Å². The molecule has 1 aliphatic heterocycles. The first-order valence-corrected chi connectivity index (χ1v) is 9.56. The summed E-state index contributed by atoms with van der Waals surface area (Å²) in [5.74, 6) is 1.32. The number of methoxy groups -OCH3 is 3. The van der Waals surface area contributed by atoms with Crippen LogP contribution in [0.5, 0.6) is 11.5 Å². The van der Waals surface area contributed by atoms with Crippen molar-refractivity contribution < 1.29 is 28.3 Å². The van der Waals surface area contributed by atoms with Gasteiger partial charge in [-0.25, -0.2) is 0 Å². The molecule has 162 valence electrons. The average Bonchev–Trinajstić information content (AvgIpc) is 3.18. The highest BCUT2D eigenvalue weighted by Crippen LogP contribution is 2.31. The quantitative estimate of drug-likeness (QED) is 0.712. The lowest BCUT2D eigenvalue weighted by atomic mass is 9.90. The van der Waals surface area contributed by atoms with E-state index in [2.05, 4.69) is 15.5 Å². The Morgan fingerprint density at radius 2 is 2.07 bits per heavy atom. The van der Waals surface area contributed by atoms with Crippen LogP contribution >= 0.6 is 0 Å². The van der Waals surface area contributed by atoms with Gasteiger partial charge in [-0.15, -0.1) is 0 Å². The third-order valence-electron chi connectivity index (χ3n) is 5.02. The van der Waals surface area contributed by atoms with Crippen LogP contribution < -0.4 is 14.8 Å². The van der Waals surface area contributed by atoms with Crippen LogP contribution in [0.25, 0.3) is 0 Å². The van der Waals surface area contributed by atoms with E-state index >= 15 is 0 Å².